The molecular formula is C15H16F2N2O. The molecule has 2 N–H and O–H groups in total. The molecule has 2 rings (SSSR count). The molecule has 0 aliphatic heterocycles. The number of hydrogen-bond acceptors (Lipinski definition) is 2. The van der Waals surface area contributed by atoms with Crippen molar-refractivity contribution in [1.29, 1.82) is 0 Å². The predicted molar refractivity (Wildman–Crippen MR) is 75.2 cm³/mol. The topological polar surface area (TPSA) is 41.1 Å². The third-order valence-electron chi connectivity index (χ3n) is 2.27. The van der Waals surface area contributed by atoms with Crippen LogP contribution in [0.1, 0.15) is 24.2 Å². The zero-order valence-corrected chi connectivity index (χ0v) is 11.3. The molecule has 0 fully saturated rings. The molecule has 1 amide bonds. The fourth-order valence-corrected chi connectivity index (χ4v) is 1.39. The van der Waals surface area contributed by atoms with E-state index in [0.29, 0.717) is 11.8 Å². The van der Waals surface area contributed by atoms with Crippen LogP contribution in [0.3, 0.4) is 0 Å². The van der Waals surface area contributed by atoms with Crippen LogP contribution in [0.4, 0.5) is 14.5 Å². The zero-order chi connectivity index (χ0) is 15.0. The monoisotopic (exact) mass is 278 g/mol. The molecule has 3 nitrogen and oxygen atoms in total. The van der Waals surface area contributed by atoms with Crippen molar-refractivity contribution in [3.8, 4) is 0 Å². The molecule has 106 valence electrons. The minimum atomic E-state index is -0.901. The van der Waals surface area contributed by atoms with Crippen molar-refractivity contribution >= 4 is 11.6 Å². The van der Waals surface area contributed by atoms with E-state index < -0.39 is 17.5 Å². The highest BCUT2D eigenvalue weighted by Crippen LogP contribution is 2.09. The van der Waals surface area contributed by atoms with E-state index in [1.807, 2.05) is 19.9 Å². The quantitative estimate of drug-likeness (QED) is 0.840. The van der Waals surface area contributed by atoms with Gasteiger partial charge in [-0.3, -0.25) is 15.6 Å². The van der Waals surface area contributed by atoms with Crippen molar-refractivity contribution in [2.24, 2.45) is 0 Å². The first-order valence-corrected chi connectivity index (χ1v) is 6.23. The summed E-state index contributed by atoms with van der Waals surface area (Å²) in [6, 6.07) is 11.7. The molecule has 0 unspecified atom stereocenters. The molecule has 2 aromatic carbocycles. The van der Waals surface area contributed by atoms with Crippen LogP contribution in [0.25, 0.3) is 0 Å². The lowest BCUT2D eigenvalue weighted by atomic mass is 10.2. The Labute approximate surface area is 116 Å². The van der Waals surface area contributed by atoms with Crippen molar-refractivity contribution in [3.05, 3.63) is 65.7 Å². The summed E-state index contributed by atoms with van der Waals surface area (Å²) in [5, 5.41) is 0. The molecule has 0 atom stereocenters. The van der Waals surface area contributed by atoms with Gasteiger partial charge in [0.15, 0.2) is 0 Å². The lowest BCUT2D eigenvalue weighted by Crippen LogP contribution is -2.30. The van der Waals surface area contributed by atoms with Crippen molar-refractivity contribution in [3.63, 3.8) is 0 Å². The highest BCUT2D eigenvalue weighted by atomic mass is 19.1. The second-order valence-corrected chi connectivity index (χ2v) is 3.57. The molecule has 2 aromatic rings. The van der Waals surface area contributed by atoms with Crippen LogP contribution < -0.4 is 10.9 Å². The Morgan fingerprint density at radius 1 is 1.00 bits per heavy atom. The van der Waals surface area contributed by atoms with Gasteiger partial charge < -0.3 is 0 Å². The van der Waals surface area contributed by atoms with Gasteiger partial charge >= 0.3 is 0 Å². The van der Waals surface area contributed by atoms with E-state index in [4.69, 9.17) is 0 Å². The SMILES string of the molecule is CC.O=C(NNc1ccccc1)c1ccc(F)cc1F. The summed E-state index contributed by atoms with van der Waals surface area (Å²) < 4.78 is 26.0. The summed E-state index contributed by atoms with van der Waals surface area (Å²) in [6.45, 7) is 4.00. The lowest BCUT2D eigenvalue weighted by Gasteiger charge is -2.08. The molecule has 5 heteroatoms. The van der Waals surface area contributed by atoms with E-state index in [-0.39, 0.29) is 5.56 Å². The van der Waals surface area contributed by atoms with Gasteiger partial charge in [0.05, 0.1) is 11.3 Å². The van der Waals surface area contributed by atoms with Gasteiger partial charge in [-0.15, -0.1) is 0 Å². The molecule has 0 aromatic heterocycles. The fraction of sp³-hybridized carbons (Fsp3) is 0.133. The maximum Gasteiger partial charge on any atom is 0.272 e. The number of carbonyl (C=O) groups is 1. The van der Waals surface area contributed by atoms with Crippen LogP contribution >= 0.6 is 0 Å². The third kappa shape index (κ3) is 4.35. The van der Waals surface area contributed by atoms with Crippen molar-refractivity contribution in [2.75, 3.05) is 5.43 Å². The molecule has 0 aliphatic carbocycles. The highest BCUT2D eigenvalue weighted by Gasteiger charge is 2.11. The van der Waals surface area contributed by atoms with Crippen LogP contribution in [0.5, 0.6) is 0 Å². The number of hydrazine groups is 1. The van der Waals surface area contributed by atoms with Crippen LogP contribution in [-0.2, 0) is 0 Å². The number of halogens is 2. The van der Waals surface area contributed by atoms with Crippen LogP contribution in [0.2, 0.25) is 0 Å². The molecule has 0 bridgehead atoms. The van der Waals surface area contributed by atoms with Gasteiger partial charge in [-0.1, -0.05) is 32.0 Å². The van der Waals surface area contributed by atoms with Gasteiger partial charge in [0.1, 0.15) is 11.6 Å². The number of hydrogen-bond donors (Lipinski definition) is 2. The minimum Gasteiger partial charge on any atom is -0.298 e. The molecule has 0 saturated heterocycles. The molecular weight excluding hydrogens is 262 g/mol. The normalized spacial score (nSPS) is 9.20. The average molecular weight is 278 g/mol. The summed E-state index contributed by atoms with van der Waals surface area (Å²) in [7, 11) is 0. The number of amides is 1. The van der Waals surface area contributed by atoms with E-state index in [1.165, 1.54) is 0 Å². The highest BCUT2D eigenvalue weighted by molar-refractivity contribution is 5.95. The van der Waals surface area contributed by atoms with Gasteiger partial charge in [0.25, 0.3) is 5.91 Å². The van der Waals surface area contributed by atoms with Crippen LogP contribution in [-0.4, -0.2) is 5.91 Å². The Morgan fingerprint density at radius 3 is 2.25 bits per heavy atom. The summed E-state index contributed by atoms with van der Waals surface area (Å²) >= 11 is 0. The average Bonchev–Trinajstić information content (AvgIpc) is 2.48. The van der Waals surface area contributed by atoms with Crippen molar-refractivity contribution < 1.29 is 13.6 Å². The Morgan fingerprint density at radius 2 is 1.65 bits per heavy atom. The van der Waals surface area contributed by atoms with Gasteiger partial charge in [0, 0.05) is 6.07 Å². The second kappa shape index (κ2) is 7.89. The Kier molecular flexibility index (Phi) is 6.16. The first-order chi connectivity index (χ1) is 9.66. The van der Waals surface area contributed by atoms with Crippen molar-refractivity contribution in [2.45, 2.75) is 13.8 Å². The first-order valence-electron chi connectivity index (χ1n) is 6.23. The van der Waals surface area contributed by atoms with E-state index >= 15 is 0 Å². The summed E-state index contributed by atoms with van der Waals surface area (Å²) in [4.78, 5) is 11.6. The maximum atomic E-state index is 13.3. The number of para-hydroxylation sites is 1. The summed E-state index contributed by atoms with van der Waals surface area (Å²) in [5.74, 6) is -2.29. The van der Waals surface area contributed by atoms with E-state index in [0.717, 1.165) is 12.1 Å². The third-order valence-corrected chi connectivity index (χ3v) is 2.27. The molecule has 0 radical (unpaired) electrons. The van der Waals surface area contributed by atoms with Gasteiger partial charge in [-0.05, 0) is 24.3 Å². The maximum absolute atomic E-state index is 13.3. The Hall–Kier alpha value is -2.43. The second-order valence-electron chi connectivity index (χ2n) is 3.57. The molecule has 0 aliphatic rings. The number of carbonyl (C=O) groups excluding carboxylic acids is 1. The first kappa shape index (κ1) is 15.6. The predicted octanol–water partition coefficient (Wildman–Crippen LogP) is 3.75. The van der Waals surface area contributed by atoms with Gasteiger partial charge in [0.2, 0.25) is 0 Å². The molecule has 20 heavy (non-hydrogen) atoms. The standard InChI is InChI=1S/C13H10F2N2O.C2H6/c14-9-6-7-11(12(15)8-9)13(18)17-16-10-4-2-1-3-5-10;1-2/h1-8,16H,(H,17,18);1-2H3. The summed E-state index contributed by atoms with van der Waals surface area (Å²) in [6.07, 6.45) is 0. The van der Waals surface area contributed by atoms with Gasteiger partial charge in [-0.2, -0.15) is 0 Å². The van der Waals surface area contributed by atoms with Crippen molar-refractivity contribution in [1.82, 2.24) is 5.43 Å². The minimum absolute atomic E-state index is 0.222. The summed E-state index contributed by atoms with van der Waals surface area (Å²) in [5.41, 5.74) is 5.39. The molecule has 0 spiro atoms. The number of benzene rings is 2. The lowest BCUT2D eigenvalue weighted by molar-refractivity contribution is 0.0958. The van der Waals surface area contributed by atoms with E-state index in [1.54, 1.807) is 24.3 Å². The van der Waals surface area contributed by atoms with E-state index in [2.05, 4.69) is 10.9 Å². The Balaban J connectivity index is 0.000000956. The zero-order valence-electron chi connectivity index (χ0n) is 11.3. The molecule has 0 saturated carbocycles. The fourth-order valence-electron chi connectivity index (χ4n) is 1.39. The Bertz CT molecular complexity index is 559. The number of nitrogens with one attached hydrogen (secondary N) is 2. The molecule has 0 heterocycles. The van der Waals surface area contributed by atoms with Crippen LogP contribution in [0.15, 0.2) is 48.5 Å². The number of anilines is 1. The largest absolute Gasteiger partial charge is 0.298 e. The van der Waals surface area contributed by atoms with Gasteiger partial charge in [-0.25, -0.2) is 8.78 Å². The van der Waals surface area contributed by atoms with E-state index in [9.17, 15) is 13.6 Å². The van der Waals surface area contributed by atoms with Crippen LogP contribution in [0, 0.1) is 11.6 Å². The smallest absolute Gasteiger partial charge is 0.272 e. The number of rotatable bonds is 3.